The molecule has 0 saturated heterocycles. The van der Waals surface area contributed by atoms with Gasteiger partial charge in [0.05, 0.1) is 16.7 Å². The summed E-state index contributed by atoms with van der Waals surface area (Å²) in [6, 6.07) is 16.6. The number of benzene rings is 3. The lowest BCUT2D eigenvalue weighted by Crippen LogP contribution is -2.18. The molecule has 0 atom stereocenters. The highest BCUT2D eigenvalue weighted by Gasteiger charge is 2.12. The highest BCUT2D eigenvalue weighted by Crippen LogP contribution is 2.21. The Labute approximate surface area is 184 Å². The van der Waals surface area contributed by atoms with E-state index in [-0.39, 0.29) is 28.5 Å². The Morgan fingerprint density at radius 1 is 1.03 bits per heavy atom. The van der Waals surface area contributed by atoms with Crippen molar-refractivity contribution in [2.75, 3.05) is 5.32 Å². The van der Waals surface area contributed by atoms with Crippen LogP contribution in [0.2, 0.25) is 0 Å². The number of nitro groups is 1. The third-order valence-corrected chi connectivity index (χ3v) is 4.78. The van der Waals surface area contributed by atoms with Gasteiger partial charge >= 0.3 is 0 Å². The zero-order chi connectivity index (χ0) is 22.4. The minimum Gasteiger partial charge on any atom is -0.507 e. The Balaban J connectivity index is 1.69. The van der Waals surface area contributed by atoms with Crippen molar-refractivity contribution >= 4 is 45.3 Å². The molecule has 0 aromatic heterocycles. The second kappa shape index (κ2) is 9.63. The van der Waals surface area contributed by atoms with E-state index in [4.69, 9.17) is 0 Å². The SMILES string of the molecule is O=C(NN=Cc1cc([N+](=O)[O-])ccc1O)c1cccc(NC(=O)c2ccccc2Br)c1. The predicted molar refractivity (Wildman–Crippen MR) is 118 cm³/mol. The number of aromatic hydroxyl groups is 1. The minimum absolute atomic E-state index is 0.0731. The molecule has 2 amide bonds. The molecule has 3 N–H and O–H groups in total. The Morgan fingerprint density at radius 2 is 1.81 bits per heavy atom. The second-order valence-electron chi connectivity index (χ2n) is 6.21. The summed E-state index contributed by atoms with van der Waals surface area (Å²) in [6.07, 6.45) is 1.10. The van der Waals surface area contributed by atoms with Crippen molar-refractivity contribution in [1.82, 2.24) is 5.43 Å². The first-order valence-corrected chi connectivity index (χ1v) is 9.61. The summed E-state index contributed by atoms with van der Waals surface area (Å²) in [5.41, 5.74) is 3.21. The van der Waals surface area contributed by atoms with Crippen LogP contribution in [0.5, 0.6) is 5.75 Å². The summed E-state index contributed by atoms with van der Waals surface area (Å²) in [7, 11) is 0. The van der Waals surface area contributed by atoms with Gasteiger partial charge in [0.1, 0.15) is 5.75 Å². The molecule has 10 heteroatoms. The molecule has 0 aliphatic carbocycles. The van der Waals surface area contributed by atoms with Crippen LogP contribution in [-0.4, -0.2) is 28.1 Å². The van der Waals surface area contributed by atoms with E-state index in [2.05, 4.69) is 31.8 Å². The lowest BCUT2D eigenvalue weighted by molar-refractivity contribution is -0.384. The van der Waals surface area contributed by atoms with Crippen LogP contribution in [0.25, 0.3) is 0 Å². The second-order valence-corrected chi connectivity index (χ2v) is 7.07. The number of hydrogen-bond acceptors (Lipinski definition) is 6. The molecule has 156 valence electrons. The summed E-state index contributed by atoms with van der Waals surface area (Å²) >= 11 is 3.32. The number of nitrogens with one attached hydrogen (secondary N) is 2. The third kappa shape index (κ3) is 5.52. The van der Waals surface area contributed by atoms with Gasteiger partial charge in [-0.2, -0.15) is 5.10 Å². The fourth-order valence-corrected chi connectivity index (χ4v) is 3.03. The highest BCUT2D eigenvalue weighted by molar-refractivity contribution is 9.10. The van der Waals surface area contributed by atoms with E-state index in [1.54, 1.807) is 36.4 Å². The number of hydrazone groups is 1. The number of hydrogen-bond donors (Lipinski definition) is 3. The van der Waals surface area contributed by atoms with Gasteiger partial charge in [0.2, 0.25) is 0 Å². The van der Waals surface area contributed by atoms with Crippen LogP contribution in [0.4, 0.5) is 11.4 Å². The van der Waals surface area contributed by atoms with E-state index < -0.39 is 10.8 Å². The maximum Gasteiger partial charge on any atom is 0.271 e. The van der Waals surface area contributed by atoms with Crippen LogP contribution in [0.3, 0.4) is 0 Å². The molecule has 0 aliphatic heterocycles. The van der Waals surface area contributed by atoms with Crippen LogP contribution in [0, 0.1) is 10.1 Å². The Morgan fingerprint density at radius 3 is 2.55 bits per heavy atom. The van der Waals surface area contributed by atoms with Gasteiger partial charge in [-0.3, -0.25) is 19.7 Å². The van der Waals surface area contributed by atoms with Gasteiger partial charge in [0, 0.05) is 33.4 Å². The summed E-state index contributed by atoms with van der Waals surface area (Å²) in [6.45, 7) is 0. The molecule has 31 heavy (non-hydrogen) atoms. The largest absolute Gasteiger partial charge is 0.507 e. The Bertz CT molecular complexity index is 1200. The van der Waals surface area contributed by atoms with Crippen LogP contribution in [0.15, 0.2) is 76.3 Å². The molecule has 0 radical (unpaired) electrons. The summed E-state index contributed by atoms with van der Waals surface area (Å²) in [5, 5.41) is 27.0. The van der Waals surface area contributed by atoms with E-state index in [1.807, 2.05) is 0 Å². The average Bonchev–Trinajstić information content (AvgIpc) is 2.75. The molecule has 0 spiro atoms. The number of non-ortho nitro benzene ring substituents is 1. The van der Waals surface area contributed by atoms with Gasteiger partial charge in [-0.1, -0.05) is 18.2 Å². The van der Waals surface area contributed by atoms with Gasteiger partial charge in [-0.15, -0.1) is 0 Å². The molecular weight excluding hydrogens is 468 g/mol. The molecule has 9 nitrogen and oxygen atoms in total. The molecule has 3 aromatic rings. The number of amides is 2. The van der Waals surface area contributed by atoms with Gasteiger partial charge < -0.3 is 10.4 Å². The standard InChI is InChI=1S/C21H15BrN4O5/c22-18-7-2-1-6-17(18)21(29)24-15-5-3-4-13(10-15)20(28)25-23-12-14-11-16(26(30)31)8-9-19(14)27/h1-12,27H,(H,24,29)(H,25,28). The van der Waals surface area contributed by atoms with Crippen LogP contribution < -0.4 is 10.7 Å². The van der Waals surface area contributed by atoms with E-state index in [0.717, 1.165) is 18.3 Å². The third-order valence-electron chi connectivity index (χ3n) is 4.09. The lowest BCUT2D eigenvalue weighted by Gasteiger charge is -2.08. The van der Waals surface area contributed by atoms with Gasteiger partial charge in [0.25, 0.3) is 17.5 Å². The molecular formula is C21H15BrN4O5. The molecule has 3 rings (SSSR count). The number of halogens is 1. The number of rotatable bonds is 6. The summed E-state index contributed by atoms with van der Waals surface area (Å²) in [5.74, 6) is -1.14. The minimum atomic E-state index is -0.608. The zero-order valence-electron chi connectivity index (χ0n) is 15.8. The Hall–Kier alpha value is -4.05. The topological polar surface area (TPSA) is 134 Å². The number of anilines is 1. The van der Waals surface area contributed by atoms with Crippen molar-refractivity contribution < 1.29 is 19.6 Å². The number of phenolic OH excluding ortho intramolecular Hbond substituents is 1. The summed E-state index contributed by atoms with van der Waals surface area (Å²) < 4.78 is 0.639. The van der Waals surface area contributed by atoms with Crippen molar-refractivity contribution in [2.45, 2.75) is 0 Å². The lowest BCUT2D eigenvalue weighted by atomic mass is 10.1. The first kappa shape index (κ1) is 21.7. The van der Waals surface area contributed by atoms with Crippen LogP contribution in [0.1, 0.15) is 26.3 Å². The van der Waals surface area contributed by atoms with E-state index >= 15 is 0 Å². The van der Waals surface area contributed by atoms with Crippen molar-refractivity contribution in [1.29, 1.82) is 0 Å². The maximum atomic E-state index is 12.4. The molecule has 0 heterocycles. The highest BCUT2D eigenvalue weighted by atomic mass is 79.9. The molecule has 0 unspecified atom stereocenters. The molecule has 0 fully saturated rings. The molecule has 0 aliphatic rings. The van der Waals surface area contributed by atoms with Crippen molar-refractivity contribution in [3.05, 3.63) is 98.0 Å². The fraction of sp³-hybridized carbons (Fsp3) is 0. The molecule has 0 bridgehead atoms. The van der Waals surface area contributed by atoms with Gasteiger partial charge in [0.15, 0.2) is 0 Å². The average molecular weight is 483 g/mol. The normalized spacial score (nSPS) is 10.6. The molecule has 3 aromatic carbocycles. The van der Waals surface area contributed by atoms with Gasteiger partial charge in [-0.05, 0) is 52.3 Å². The number of carbonyl (C=O) groups excluding carboxylic acids is 2. The quantitative estimate of drug-likeness (QED) is 0.276. The first-order valence-electron chi connectivity index (χ1n) is 8.82. The van der Waals surface area contributed by atoms with Crippen molar-refractivity contribution in [3.8, 4) is 5.75 Å². The smallest absolute Gasteiger partial charge is 0.271 e. The monoisotopic (exact) mass is 482 g/mol. The van der Waals surface area contributed by atoms with Crippen LogP contribution >= 0.6 is 15.9 Å². The zero-order valence-corrected chi connectivity index (χ0v) is 17.4. The van der Waals surface area contributed by atoms with Crippen LogP contribution in [-0.2, 0) is 0 Å². The van der Waals surface area contributed by atoms with Gasteiger partial charge in [-0.25, -0.2) is 5.43 Å². The number of phenols is 1. The van der Waals surface area contributed by atoms with Crippen molar-refractivity contribution in [2.24, 2.45) is 5.10 Å². The Kier molecular flexibility index (Phi) is 6.73. The number of carbonyl (C=O) groups is 2. The predicted octanol–water partition coefficient (Wildman–Crippen LogP) is 4.08. The first-order chi connectivity index (χ1) is 14.8. The van der Waals surface area contributed by atoms with E-state index in [0.29, 0.717) is 15.7 Å². The van der Waals surface area contributed by atoms with Crippen molar-refractivity contribution in [3.63, 3.8) is 0 Å². The number of nitrogens with zero attached hydrogens (tertiary/aromatic N) is 2. The summed E-state index contributed by atoms with van der Waals surface area (Å²) in [4.78, 5) is 35.0. The fourth-order valence-electron chi connectivity index (χ4n) is 2.57. The van der Waals surface area contributed by atoms with E-state index in [9.17, 15) is 24.8 Å². The number of nitro benzene ring substituents is 1. The maximum absolute atomic E-state index is 12.4. The molecule has 0 saturated carbocycles. The van der Waals surface area contributed by atoms with E-state index in [1.165, 1.54) is 18.2 Å².